The number of imidazole rings is 1. The first-order valence-corrected chi connectivity index (χ1v) is 8.51. The Morgan fingerprint density at radius 3 is 2.64 bits per heavy atom. The van der Waals surface area contributed by atoms with Crippen LogP contribution in [0.5, 0.6) is 0 Å². The minimum atomic E-state index is -0.243. The van der Waals surface area contributed by atoms with Gasteiger partial charge in [-0.3, -0.25) is 4.79 Å². The summed E-state index contributed by atoms with van der Waals surface area (Å²) in [5.41, 5.74) is 7.21. The van der Waals surface area contributed by atoms with Gasteiger partial charge in [-0.25, -0.2) is 10.4 Å². The summed E-state index contributed by atoms with van der Waals surface area (Å²) in [5, 5.41) is 4.04. The summed E-state index contributed by atoms with van der Waals surface area (Å²) in [6.45, 7) is 7.02. The van der Waals surface area contributed by atoms with Gasteiger partial charge >= 0.3 is 0 Å². The first-order valence-electron chi connectivity index (χ1n) is 8.51. The second-order valence-corrected chi connectivity index (χ2v) is 5.90. The molecule has 1 heterocycles. The number of aromatic nitrogens is 2. The van der Waals surface area contributed by atoms with E-state index < -0.39 is 0 Å². The summed E-state index contributed by atoms with van der Waals surface area (Å²) in [6, 6.07) is 13.6. The van der Waals surface area contributed by atoms with Crippen LogP contribution in [0.2, 0.25) is 0 Å². The highest BCUT2D eigenvalue weighted by molar-refractivity contribution is 5.97. The second-order valence-electron chi connectivity index (χ2n) is 5.90. The molecule has 25 heavy (non-hydrogen) atoms. The zero-order chi connectivity index (χ0) is 17.8. The van der Waals surface area contributed by atoms with E-state index >= 15 is 0 Å². The molecule has 2 aromatic carbocycles. The third kappa shape index (κ3) is 3.60. The highest BCUT2D eigenvalue weighted by Crippen LogP contribution is 2.17. The van der Waals surface area contributed by atoms with Crippen LogP contribution in [0.1, 0.15) is 41.2 Å². The molecule has 1 amide bonds. The number of hydrogen-bond donors (Lipinski definition) is 1. The van der Waals surface area contributed by atoms with E-state index in [1.165, 1.54) is 5.56 Å². The van der Waals surface area contributed by atoms with Gasteiger partial charge in [0.15, 0.2) is 0 Å². The number of hydrazone groups is 1. The lowest BCUT2D eigenvalue weighted by Gasteiger charge is -2.03. The Morgan fingerprint density at radius 1 is 1.20 bits per heavy atom. The van der Waals surface area contributed by atoms with Crippen molar-refractivity contribution in [2.45, 2.75) is 33.7 Å². The van der Waals surface area contributed by atoms with E-state index in [4.69, 9.17) is 0 Å². The summed E-state index contributed by atoms with van der Waals surface area (Å²) in [7, 11) is 0. The number of rotatable bonds is 5. The molecule has 3 aromatic rings. The van der Waals surface area contributed by atoms with Gasteiger partial charge in [-0.2, -0.15) is 5.10 Å². The van der Waals surface area contributed by atoms with Crippen molar-refractivity contribution in [1.82, 2.24) is 15.0 Å². The number of benzene rings is 2. The zero-order valence-electron chi connectivity index (χ0n) is 14.8. The molecule has 0 saturated heterocycles. The van der Waals surface area contributed by atoms with E-state index in [0.29, 0.717) is 5.56 Å². The van der Waals surface area contributed by atoms with Gasteiger partial charge in [0.2, 0.25) is 0 Å². The Kier molecular flexibility index (Phi) is 4.93. The van der Waals surface area contributed by atoms with Crippen molar-refractivity contribution in [2.75, 3.05) is 0 Å². The third-order valence-corrected chi connectivity index (χ3v) is 4.29. The summed E-state index contributed by atoms with van der Waals surface area (Å²) < 4.78 is 2.12. The number of carbonyl (C=O) groups is 1. The molecule has 5 nitrogen and oxygen atoms in total. The second kappa shape index (κ2) is 7.30. The molecule has 0 unspecified atom stereocenters. The number of amides is 1. The summed E-state index contributed by atoms with van der Waals surface area (Å²) in [4.78, 5) is 16.8. The fraction of sp³-hybridized carbons (Fsp3) is 0.250. The summed E-state index contributed by atoms with van der Waals surface area (Å²) >= 11 is 0. The van der Waals surface area contributed by atoms with Crippen molar-refractivity contribution in [3.8, 4) is 0 Å². The Balaban J connectivity index is 1.72. The van der Waals surface area contributed by atoms with Crippen molar-refractivity contribution < 1.29 is 4.79 Å². The molecule has 0 fully saturated rings. The smallest absolute Gasteiger partial charge is 0.271 e. The first-order chi connectivity index (χ1) is 12.1. The topological polar surface area (TPSA) is 59.3 Å². The van der Waals surface area contributed by atoms with Gasteiger partial charge in [0, 0.05) is 12.1 Å². The molecule has 1 aromatic heterocycles. The van der Waals surface area contributed by atoms with Crippen LogP contribution in [-0.4, -0.2) is 21.7 Å². The molecule has 0 radical (unpaired) electrons. The van der Waals surface area contributed by atoms with Crippen molar-refractivity contribution in [3.05, 3.63) is 65.0 Å². The average molecular weight is 334 g/mol. The maximum Gasteiger partial charge on any atom is 0.271 e. The van der Waals surface area contributed by atoms with Gasteiger partial charge in [-0.1, -0.05) is 31.2 Å². The molecule has 0 aliphatic heterocycles. The van der Waals surface area contributed by atoms with Crippen LogP contribution in [-0.2, 0) is 13.0 Å². The van der Waals surface area contributed by atoms with Crippen molar-refractivity contribution in [1.29, 1.82) is 0 Å². The molecule has 3 rings (SSSR count). The number of nitrogens with zero attached hydrogens (tertiary/aromatic N) is 3. The van der Waals surface area contributed by atoms with Crippen LogP contribution in [0, 0.1) is 6.92 Å². The quantitative estimate of drug-likeness (QED) is 0.571. The molecule has 0 spiro atoms. The Hall–Kier alpha value is -2.95. The van der Waals surface area contributed by atoms with E-state index in [2.05, 4.69) is 46.1 Å². The van der Waals surface area contributed by atoms with E-state index in [9.17, 15) is 4.79 Å². The highest BCUT2D eigenvalue weighted by Gasteiger charge is 2.10. The van der Waals surface area contributed by atoms with E-state index in [1.54, 1.807) is 18.3 Å². The largest absolute Gasteiger partial charge is 0.329 e. The van der Waals surface area contributed by atoms with Crippen LogP contribution < -0.4 is 5.43 Å². The first kappa shape index (κ1) is 16.9. The maximum atomic E-state index is 12.3. The van der Waals surface area contributed by atoms with E-state index in [0.717, 1.165) is 35.4 Å². The molecule has 0 aliphatic carbocycles. The zero-order valence-corrected chi connectivity index (χ0v) is 14.8. The minimum absolute atomic E-state index is 0.243. The van der Waals surface area contributed by atoms with E-state index in [-0.39, 0.29) is 5.91 Å². The monoisotopic (exact) mass is 334 g/mol. The number of aryl methyl sites for hydroxylation is 3. The fourth-order valence-corrected chi connectivity index (χ4v) is 2.86. The van der Waals surface area contributed by atoms with Crippen LogP contribution in [0.3, 0.4) is 0 Å². The predicted molar refractivity (Wildman–Crippen MR) is 101 cm³/mol. The standard InChI is InChI=1S/C20H22N4O/c1-4-15-6-8-16(9-7-15)13-21-23-20(25)17-10-11-19-18(12-17)22-14(3)24(19)5-2/h6-13H,4-5H2,1-3H3,(H,23,25). The van der Waals surface area contributed by atoms with Gasteiger partial charge < -0.3 is 4.57 Å². The number of fused-ring (bicyclic) bond motifs is 1. The Morgan fingerprint density at radius 2 is 1.96 bits per heavy atom. The Labute approximate surface area is 147 Å². The lowest BCUT2D eigenvalue weighted by Crippen LogP contribution is -2.17. The molecule has 0 saturated carbocycles. The van der Waals surface area contributed by atoms with Crippen molar-refractivity contribution in [3.63, 3.8) is 0 Å². The average Bonchev–Trinajstić information content (AvgIpc) is 2.96. The van der Waals surface area contributed by atoms with Gasteiger partial charge in [0.05, 0.1) is 17.2 Å². The molecular formula is C20H22N4O. The number of nitrogens with one attached hydrogen (secondary N) is 1. The van der Waals surface area contributed by atoms with Crippen LogP contribution in [0.4, 0.5) is 0 Å². The maximum absolute atomic E-state index is 12.3. The van der Waals surface area contributed by atoms with Gasteiger partial charge in [-0.15, -0.1) is 0 Å². The molecule has 5 heteroatoms. The van der Waals surface area contributed by atoms with Gasteiger partial charge in [0.1, 0.15) is 5.82 Å². The van der Waals surface area contributed by atoms with Crippen molar-refractivity contribution in [2.24, 2.45) is 5.10 Å². The van der Waals surface area contributed by atoms with Crippen LogP contribution >= 0.6 is 0 Å². The third-order valence-electron chi connectivity index (χ3n) is 4.29. The van der Waals surface area contributed by atoms with Gasteiger partial charge in [0.25, 0.3) is 5.91 Å². The fourth-order valence-electron chi connectivity index (χ4n) is 2.86. The van der Waals surface area contributed by atoms with Crippen LogP contribution in [0.25, 0.3) is 11.0 Å². The van der Waals surface area contributed by atoms with E-state index in [1.807, 2.05) is 25.1 Å². The lowest BCUT2D eigenvalue weighted by atomic mass is 10.1. The van der Waals surface area contributed by atoms with Gasteiger partial charge in [-0.05, 0) is 49.6 Å². The summed E-state index contributed by atoms with van der Waals surface area (Å²) in [6.07, 6.45) is 2.65. The van der Waals surface area contributed by atoms with Crippen molar-refractivity contribution >= 4 is 23.2 Å². The lowest BCUT2D eigenvalue weighted by molar-refractivity contribution is 0.0955. The Bertz CT molecular complexity index is 923. The SMILES string of the molecule is CCc1ccc(C=NNC(=O)c2ccc3c(c2)nc(C)n3CC)cc1. The highest BCUT2D eigenvalue weighted by atomic mass is 16.2. The molecule has 1 N–H and O–H groups in total. The molecular weight excluding hydrogens is 312 g/mol. The molecule has 0 aliphatic rings. The number of hydrogen-bond acceptors (Lipinski definition) is 3. The molecule has 0 atom stereocenters. The molecule has 0 bridgehead atoms. The number of carbonyl (C=O) groups excluding carboxylic acids is 1. The summed E-state index contributed by atoms with van der Waals surface area (Å²) in [5.74, 6) is 0.704. The van der Waals surface area contributed by atoms with Crippen LogP contribution in [0.15, 0.2) is 47.6 Å². The molecule has 128 valence electrons. The normalized spacial score (nSPS) is 11.3. The predicted octanol–water partition coefficient (Wildman–Crippen LogP) is 3.69. The minimum Gasteiger partial charge on any atom is -0.329 e.